The number of nitrogens with zero attached hydrogens (tertiary/aromatic N) is 2. The second-order valence-corrected chi connectivity index (χ2v) is 7.83. The normalized spacial score (nSPS) is 17.6. The van der Waals surface area contributed by atoms with Crippen LogP contribution in [0.25, 0.3) is 0 Å². The number of carbonyl (C=O) groups is 1. The standard InChI is InChI=1S/C21H25N3O5.ClH/c1-21(2)13-23(11-10-19(21)22)20(25)17-12-14(24(26)27)4-9-18(17)29-16-7-5-15(28-3)6-8-16;/h4-9,12,19H,10-11,13,22H2,1-3H3;1H. The van der Waals surface area contributed by atoms with Gasteiger partial charge in [-0.2, -0.15) is 0 Å². The van der Waals surface area contributed by atoms with Crippen LogP contribution in [0.2, 0.25) is 0 Å². The molecule has 9 heteroatoms. The number of carbonyl (C=O) groups excluding carboxylic acids is 1. The minimum Gasteiger partial charge on any atom is -0.497 e. The molecule has 1 aliphatic heterocycles. The molecule has 2 N–H and O–H groups in total. The van der Waals surface area contributed by atoms with Crippen molar-refractivity contribution in [2.45, 2.75) is 26.3 Å². The van der Waals surface area contributed by atoms with Gasteiger partial charge in [0, 0.05) is 31.3 Å². The highest BCUT2D eigenvalue weighted by Gasteiger charge is 2.36. The molecule has 0 bridgehead atoms. The number of benzene rings is 2. The summed E-state index contributed by atoms with van der Waals surface area (Å²) >= 11 is 0. The third-order valence-electron chi connectivity index (χ3n) is 5.29. The van der Waals surface area contributed by atoms with E-state index >= 15 is 0 Å². The number of nitro benzene ring substituents is 1. The van der Waals surface area contributed by atoms with E-state index < -0.39 is 4.92 Å². The van der Waals surface area contributed by atoms with Gasteiger partial charge in [0.05, 0.1) is 17.6 Å². The highest BCUT2D eigenvalue weighted by Crippen LogP contribution is 2.33. The Morgan fingerprint density at radius 3 is 2.40 bits per heavy atom. The molecule has 1 fully saturated rings. The van der Waals surface area contributed by atoms with Crippen molar-refractivity contribution >= 4 is 24.0 Å². The van der Waals surface area contributed by atoms with E-state index in [1.54, 1.807) is 36.3 Å². The Kier molecular flexibility index (Phi) is 7.28. The summed E-state index contributed by atoms with van der Waals surface area (Å²) in [5.74, 6) is 1.12. The summed E-state index contributed by atoms with van der Waals surface area (Å²) in [6.45, 7) is 4.99. The Balaban J connectivity index is 0.00000320. The monoisotopic (exact) mass is 435 g/mol. The zero-order valence-corrected chi connectivity index (χ0v) is 18.0. The highest BCUT2D eigenvalue weighted by atomic mass is 35.5. The third kappa shape index (κ3) is 5.01. The maximum Gasteiger partial charge on any atom is 0.270 e. The molecule has 1 aliphatic rings. The molecule has 8 nitrogen and oxygen atoms in total. The number of likely N-dealkylation sites (tertiary alicyclic amines) is 1. The van der Waals surface area contributed by atoms with E-state index in [1.165, 1.54) is 18.2 Å². The predicted molar refractivity (Wildman–Crippen MR) is 116 cm³/mol. The summed E-state index contributed by atoms with van der Waals surface area (Å²) in [4.78, 5) is 25.7. The average molecular weight is 436 g/mol. The molecule has 0 radical (unpaired) electrons. The summed E-state index contributed by atoms with van der Waals surface area (Å²) in [6, 6.07) is 10.9. The fourth-order valence-electron chi connectivity index (χ4n) is 3.38. The van der Waals surface area contributed by atoms with E-state index in [4.69, 9.17) is 15.2 Å². The Morgan fingerprint density at radius 1 is 1.20 bits per heavy atom. The third-order valence-corrected chi connectivity index (χ3v) is 5.29. The van der Waals surface area contributed by atoms with E-state index in [-0.39, 0.29) is 46.8 Å². The molecule has 2 aromatic carbocycles. The Bertz CT molecular complexity index is 917. The Morgan fingerprint density at radius 2 is 1.83 bits per heavy atom. The van der Waals surface area contributed by atoms with Crippen molar-refractivity contribution in [2.24, 2.45) is 11.1 Å². The van der Waals surface area contributed by atoms with Crippen LogP contribution in [0, 0.1) is 15.5 Å². The topological polar surface area (TPSA) is 108 Å². The summed E-state index contributed by atoms with van der Waals surface area (Å²) in [5.41, 5.74) is 5.92. The molecular weight excluding hydrogens is 410 g/mol. The molecule has 1 unspecified atom stereocenters. The van der Waals surface area contributed by atoms with Crippen molar-refractivity contribution in [3.63, 3.8) is 0 Å². The van der Waals surface area contributed by atoms with Gasteiger partial charge in [0.1, 0.15) is 17.2 Å². The molecule has 0 saturated carbocycles. The second kappa shape index (κ2) is 9.32. The van der Waals surface area contributed by atoms with Gasteiger partial charge in [-0.25, -0.2) is 0 Å². The Hall–Kier alpha value is -2.84. The van der Waals surface area contributed by atoms with Gasteiger partial charge in [-0.1, -0.05) is 13.8 Å². The zero-order valence-electron chi connectivity index (χ0n) is 17.2. The molecule has 162 valence electrons. The van der Waals surface area contributed by atoms with Crippen molar-refractivity contribution in [1.82, 2.24) is 4.90 Å². The quantitative estimate of drug-likeness (QED) is 0.561. The number of ether oxygens (including phenoxy) is 2. The fraction of sp³-hybridized carbons (Fsp3) is 0.381. The van der Waals surface area contributed by atoms with Gasteiger partial charge in [0.25, 0.3) is 11.6 Å². The zero-order chi connectivity index (χ0) is 21.2. The van der Waals surface area contributed by atoms with E-state index in [0.717, 1.165) is 0 Å². The number of amides is 1. The smallest absolute Gasteiger partial charge is 0.270 e. The number of nitrogens with two attached hydrogens (primary N) is 1. The van der Waals surface area contributed by atoms with Gasteiger partial charge in [0.15, 0.2) is 0 Å². The Labute approximate surface area is 181 Å². The van der Waals surface area contributed by atoms with Crippen molar-refractivity contribution in [2.75, 3.05) is 20.2 Å². The van der Waals surface area contributed by atoms with Gasteiger partial charge < -0.3 is 20.1 Å². The van der Waals surface area contributed by atoms with E-state index in [2.05, 4.69) is 0 Å². The molecule has 1 heterocycles. The number of hydrogen-bond donors (Lipinski definition) is 1. The summed E-state index contributed by atoms with van der Waals surface area (Å²) in [5, 5.41) is 11.2. The van der Waals surface area contributed by atoms with Gasteiger partial charge in [-0.15, -0.1) is 12.4 Å². The van der Waals surface area contributed by atoms with Crippen LogP contribution in [0.5, 0.6) is 17.2 Å². The largest absolute Gasteiger partial charge is 0.497 e. The van der Waals surface area contributed by atoms with Crippen molar-refractivity contribution in [3.8, 4) is 17.2 Å². The van der Waals surface area contributed by atoms with Crippen LogP contribution >= 0.6 is 12.4 Å². The first kappa shape index (κ1) is 23.4. The number of halogens is 1. The average Bonchev–Trinajstić information content (AvgIpc) is 2.70. The molecule has 1 atom stereocenters. The van der Waals surface area contributed by atoms with Crippen LogP contribution in [0.4, 0.5) is 5.69 Å². The molecule has 1 saturated heterocycles. The van der Waals surface area contributed by atoms with Crippen molar-refractivity contribution in [3.05, 3.63) is 58.1 Å². The first-order valence-electron chi connectivity index (χ1n) is 9.36. The number of non-ortho nitro benzene ring substituents is 1. The van der Waals surface area contributed by atoms with Crippen LogP contribution < -0.4 is 15.2 Å². The van der Waals surface area contributed by atoms with Gasteiger partial charge >= 0.3 is 0 Å². The lowest BCUT2D eigenvalue weighted by atomic mass is 9.79. The van der Waals surface area contributed by atoms with Crippen LogP contribution in [0.15, 0.2) is 42.5 Å². The lowest BCUT2D eigenvalue weighted by Gasteiger charge is -2.42. The van der Waals surface area contributed by atoms with E-state index in [9.17, 15) is 14.9 Å². The maximum atomic E-state index is 13.2. The van der Waals surface area contributed by atoms with E-state index in [1.807, 2.05) is 13.8 Å². The fourth-order valence-corrected chi connectivity index (χ4v) is 3.38. The minimum absolute atomic E-state index is 0. The van der Waals surface area contributed by atoms with E-state index in [0.29, 0.717) is 31.0 Å². The van der Waals surface area contributed by atoms with Crippen molar-refractivity contribution < 1.29 is 19.2 Å². The lowest BCUT2D eigenvalue weighted by molar-refractivity contribution is -0.384. The van der Waals surface area contributed by atoms with Crippen molar-refractivity contribution in [1.29, 1.82) is 0 Å². The molecule has 0 aromatic heterocycles. The highest BCUT2D eigenvalue weighted by molar-refractivity contribution is 5.97. The second-order valence-electron chi connectivity index (χ2n) is 7.83. The number of hydrogen-bond acceptors (Lipinski definition) is 6. The summed E-state index contributed by atoms with van der Waals surface area (Å²) in [7, 11) is 1.56. The van der Waals surface area contributed by atoms with Gasteiger partial charge in [0.2, 0.25) is 0 Å². The number of nitro groups is 1. The molecule has 0 spiro atoms. The van der Waals surface area contributed by atoms with Gasteiger partial charge in [-0.05, 0) is 42.2 Å². The minimum atomic E-state index is -0.524. The molecule has 30 heavy (non-hydrogen) atoms. The van der Waals surface area contributed by atoms with Crippen LogP contribution in [-0.2, 0) is 0 Å². The predicted octanol–water partition coefficient (Wildman–Crippen LogP) is 4.02. The maximum absolute atomic E-state index is 13.2. The van der Waals surface area contributed by atoms with Crippen LogP contribution in [0.1, 0.15) is 30.6 Å². The molecule has 2 aromatic rings. The van der Waals surface area contributed by atoms with Gasteiger partial charge in [-0.3, -0.25) is 14.9 Å². The lowest BCUT2D eigenvalue weighted by Crippen LogP contribution is -2.54. The number of methoxy groups -OCH3 is 1. The number of rotatable bonds is 5. The molecule has 0 aliphatic carbocycles. The van der Waals surface area contributed by atoms with Crippen LogP contribution in [-0.4, -0.2) is 42.0 Å². The molecule has 1 amide bonds. The molecule has 3 rings (SSSR count). The first-order chi connectivity index (χ1) is 13.7. The number of piperidine rings is 1. The van der Waals surface area contributed by atoms with Crippen LogP contribution in [0.3, 0.4) is 0 Å². The summed E-state index contributed by atoms with van der Waals surface area (Å²) in [6.07, 6.45) is 0.669. The molecular formula is C21H26ClN3O5. The SMILES string of the molecule is COc1ccc(Oc2ccc([N+](=O)[O-])cc2C(=O)N2CCC(N)C(C)(C)C2)cc1.Cl. The summed E-state index contributed by atoms with van der Waals surface area (Å²) < 4.78 is 11.0. The first-order valence-corrected chi connectivity index (χ1v) is 9.36.